The molecule has 0 aromatic heterocycles. The number of benzene rings is 1. The predicted molar refractivity (Wildman–Crippen MR) is 104 cm³/mol. The van der Waals surface area contributed by atoms with E-state index in [1.165, 1.54) is 25.3 Å². The Morgan fingerprint density at radius 3 is 2.62 bits per heavy atom. The van der Waals surface area contributed by atoms with E-state index in [1.807, 2.05) is 0 Å². The summed E-state index contributed by atoms with van der Waals surface area (Å²) < 4.78 is 24.1. The number of rotatable bonds is 4. The summed E-state index contributed by atoms with van der Waals surface area (Å²) in [5.74, 6) is -4.90. The maximum absolute atomic E-state index is 14.0. The Kier molecular flexibility index (Phi) is 5.96. The largest absolute Gasteiger partial charge is 0.468 e. The molecule has 3 rings (SSSR count). The highest BCUT2D eigenvalue weighted by Gasteiger charge is 2.51. The maximum Gasteiger partial charge on any atom is 0.336 e. The number of ketones is 1. The zero-order valence-corrected chi connectivity index (χ0v) is 16.9. The van der Waals surface area contributed by atoms with Gasteiger partial charge in [0, 0.05) is 17.3 Å². The Balaban J connectivity index is 2.18. The van der Waals surface area contributed by atoms with Gasteiger partial charge in [-0.15, -0.1) is 0 Å². The van der Waals surface area contributed by atoms with Crippen molar-refractivity contribution in [3.8, 4) is 0 Å². The summed E-state index contributed by atoms with van der Waals surface area (Å²) in [6.45, 7) is 5.32. The molecule has 7 heteroatoms. The molecule has 1 aromatic rings. The van der Waals surface area contributed by atoms with Crippen molar-refractivity contribution in [2.24, 2.45) is 22.7 Å². The third-order valence-electron chi connectivity index (χ3n) is 5.58. The summed E-state index contributed by atoms with van der Waals surface area (Å²) in [4.78, 5) is 43.0. The molecular formula is C22H24FNO5. The number of carbonyl (C=O) groups excluding carboxylic acids is 3. The van der Waals surface area contributed by atoms with E-state index in [0.29, 0.717) is 23.4 Å². The average Bonchev–Trinajstić information content (AvgIpc) is 2.66. The van der Waals surface area contributed by atoms with Gasteiger partial charge in [-0.05, 0) is 43.9 Å². The van der Waals surface area contributed by atoms with Crippen LogP contribution >= 0.6 is 0 Å². The van der Waals surface area contributed by atoms with Crippen molar-refractivity contribution in [3.05, 3.63) is 46.9 Å². The van der Waals surface area contributed by atoms with Crippen LogP contribution in [-0.2, 0) is 23.9 Å². The van der Waals surface area contributed by atoms with Gasteiger partial charge in [-0.1, -0.05) is 19.1 Å². The summed E-state index contributed by atoms with van der Waals surface area (Å²) in [5, 5.41) is 0. The van der Waals surface area contributed by atoms with Gasteiger partial charge in [0.25, 0.3) is 0 Å². The second-order valence-corrected chi connectivity index (χ2v) is 7.42. The first kappa shape index (κ1) is 20.9. The van der Waals surface area contributed by atoms with Crippen molar-refractivity contribution in [1.29, 1.82) is 0 Å². The van der Waals surface area contributed by atoms with Crippen molar-refractivity contribution < 1.29 is 28.2 Å². The molecule has 29 heavy (non-hydrogen) atoms. The topological polar surface area (TPSA) is 82.0 Å². The molecule has 2 aliphatic rings. The van der Waals surface area contributed by atoms with Gasteiger partial charge in [-0.25, -0.2) is 9.18 Å². The molecule has 6 nitrogen and oxygen atoms in total. The molecule has 1 aromatic carbocycles. The van der Waals surface area contributed by atoms with E-state index in [4.69, 9.17) is 9.47 Å². The predicted octanol–water partition coefficient (Wildman–Crippen LogP) is 3.22. The van der Waals surface area contributed by atoms with E-state index >= 15 is 0 Å². The average molecular weight is 401 g/mol. The number of fused-ring (bicyclic) bond motifs is 1. The zero-order chi connectivity index (χ0) is 21.3. The SMILES string of the molecule is CCOC(=O)C1=C(C)N=C2C[C@@H](C)[C@H](C(=O)OC)C(=O)[C@@H]2[C@H]1c1cccc(F)c1. The van der Waals surface area contributed by atoms with Gasteiger partial charge < -0.3 is 9.47 Å². The van der Waals surface area contributed by atoms with Crippen LogP contribution in [-0.4, -0.2) is 37.2 Å². The van der Waals surface area contributed by atoms with Gasteiger partial charge in [0.2, 0.25) is 0 Å². The van der Waals surface area contributed by atoms with Crippen molar-refractivity contribution in [2.45, 2.75) is 33.1 Å². The van der Waals surface area contributed by atoms with Crippen LogP contribution in [0.1, 0.15) is 38.7 Å². The van der Waals surface area contributed by atoms with Gasteiger partial charge in [0.05, 0.1) is 25.2 Å². The Bertz CT molecular complexity index is 920. The number of carbonyl (C=O) groups is 3. The van der Waals surface area contributed by atoms with Crippen LogP contribution in [0.4, 0.5) is 4.39 Å². The number of hydrogen-bond donors (Lipinski definition) is 0. The van der Waals surface area contributed by atoms with Crippen LogP contribution in [0, 0.1) is 23.6 Å². The smallest absolute Gasteiger partial charge is 0.336 e. The number of halogens is 1. The van der Waals surface area contributed by atoms with Gasteiger partial charge in [-0.3, -0.25) is 14.6 Å². The van der Waals surface area contributed by atoms with Crippen molar-refractivity contribution >= 4 is 23.4 Å². The summed E-state index contributed by atoms with van der Waals surface area (Å²) in [6.07, 6.45) is 0.412. The molecule has 1 fully saturated rings. The fourth-order valence-electron chi connectivity index (χ4n) is 4.37. The Hall–Kier alpha value is -2.83. The molecule has 0 amide bonds. The number of esters is 2. The second-order valence-electron chi connectivity index (χ2n) is 7.42. The van der Waals surface area contributed by atoms with Crippen molar-refractivity contribution in [2.75, 3.05) is 13.7 Å². The zero-order valence-electron chi connectivity index (χ0n) is 16.9. The number of hydrogen-bond acceptors (Lipinski definition) is 6. The highest BCUT2D eigenvalue weighted by Crippen LogP contribution is 2.45. The minimum atomic E-state index is -0.957. The lowest BCUT2D eigenvalue weighted by Gasteiger charge is -2.40. The number of ether oxygens (including phenoxy) is 2. The Morgan fingerprint density at radius 2 is 2.00 bits per heavy atom. The monoisotopic (exact) mass is 401 g/mol. The standard InChI is InChI=1S/C22H24FNO5/c1-5-29-22(27)17-12(3)24-15-9-11(2)16(21(26)28-4)20(25)19(15)18(17)13-7-6-8-14(23)10-13/h6-8,10-11,16,18-19H,5,9H2,1-4H3/t11-,16+,18+,19+/m1/s1. The lowest BCUT2D eigenvalue weighted by molar-refractivity contribution is -0.152. The van der Waals surface area contributed by atoms with Crippen LogP contribution in [0.25, 0.3) is 0 Å². The first-order valence-corrected chi connectivity index (χ1v) is 9.62. The Morgan fingerprint density at radius 1 is 1.28 bits per heavy atom. The quantitative estimate of drug-likeness (QED) is 0.572. The summed E-state index contributed by atoms with van der Waals surface area (Å²) >= 11 is 0. The normalized spacial score (nSPS) is 26.5. The molecular weight excluding hydrogens is 377 g/mol. The minimum absolute atomic E-state index is 0.155. The van der Waals surface area contributed by atoms with E-state index in [9.17, 15) is 18.8 Å². The number of Topliss-reactive ketones (excluding diaryl/α,β-unsaturated/α-hetero) is 1. The van der Waals surface area contributed by atoms with Crippen LogP contribution < -0.4 is 0 Å². The molecule has 0 radical (unpaired) electrons. The number of aliphatic imine (C=N–C) groups is 1. The molecule has 0 unspecified atom stereocenters. The molecule has 1 saturated carbocycles. The van der Waals surface area contributed by atoms with E-state index in [0.717, 1.165) is 0 Å². The van der Waals surface area contributed by atoms with E-state index in [2.05, 4.69) is 4.99 Å². The third-order valence-corrected chi connectivity index (χ3v) is 5.58. The Labute approximate surface area is 168 Å². The summed E-state index contributed by atoms with van der Waals surface area (Å²) in [6, 6.07) is 5.80. The molecule has 1 heterocycles. The lowest BCUT2D eigenvalue weighted by atomic mass is 9.64. The molecule has 0 bridgehead atoms. The van der Waals surface area contributed by atoms with Crippen molar-refractivity contribution in [1.82, 2.24) is 0 Å². The van der Waals surface area contributed by atoms with E-state index < -0.39 is 35.5 Å². The van der Waals surface area contributed by atoms with Crippen molar-refractivity contribution in [3.63, 3.8) is 0 Å². The molecule has 0 saturated heterocycles. The van der Waals surface area contributed by atoms with Gasteiger partial charge >= 0.3 is 11.9 Å². The lowest BCUT2D eigenvalue weighted by Crippen LogP contribution is -2.48. The number of methoxy groups -OCH3 is 1. The fraction of sp³-hybridized carbons (Fsp3) is 0.455. The van der Waals surface area contributed by atoms with Crippen LogP contribution in [0.2, 0.25) is 0 Å². The maximum atomic E-state index is 14.0. The molecule has 1 aliphatic heterocycles. The molecule has 154 valence electrons. The van der Waals surface area contributed by atoms with E-state index in [1.54, 1.807) is 26.8 Å². The minimum Gasteiger partial charge on any atom is -0.468 e. The van der Waals surface area contributed by atoms with E-state index in [-0.39, 0.29) is 23.9 Å². The first-order chi connectivity index (χ1) is 13.8. The van der Waals surface area contributed by atoms with Gasteiger partial charge in [-0.2, -0.15) is 0 Å². The van der Waals surface area contributed by atoms with Gasteiger partial charge in [0.1, 0.15) is 11.7 Å². The fourth-order valence-corrected chi connectivity index (χ4v) is 4.37. The van der Waals surface area contributed by atoms with Crippen LogP contribution in [0.15, 0.2) is 40.5 Å². The summed E-state index contributed by atoms with van der Waals surface area (Å²) in [7, 11) is 1.24. The molecule has 4 atom stereocenters. The summed E-state index contributed by atoms with van der Waals surface area (Å²) in [5.41, 5.74) is 1.73. The van der Waals surface area contributed by atoms with Crippen LogP contribution in [0.3, 0.4) is 0 Å². The van der Waals surface area contributed by atoms with Crippen LogP contribution in [0.5, 0.6) is 0 Å². The molecule has 0 N–H and O–H groups in total. The second kappa shape index (κ2) is 8.27. The third kappa shape index (κ3) is 3.73. The highest BCUT2D eigenvalue weighted by molar-refractivity contribution is 6.17. The number of nitrogens with zero attached hydrogens (tertiary/aromatic N) is 1. The number of allylic oxidation sites excluding steroid dienone is 1. The first-order valence-electron chi connectivity index (χ1n) is 9.62. The van der Waals surface area contributed by atoms with Gasteiger partial charge in [0.15, 0.2) is 5.78 Å². The highest BCUT2D eigenvalue weighted by atomic mass is 19.1. The molecule has 1 aliphatic carbocycles. The molecule has 0 spiro atoms.